The lowest BCUT2D eigenvalue weighted by molar-refractivity contribution is -0.275. The summed E-state index contributed by atoms with van der Waals surface area (Å²) in [5.74, 6) is -0.440. The van der Waals surface area contributed by atoms with Gasteiger partial charge in [-0.3, -0.25) is 50.9 Å². The van der Waals surface area contributed by atoms with E-state index in [1.54, 1.807) is 71.8 Å². The van der Waals surface area contributed by atoms with Gasteiger partial charge in [0.15, 0.2) is 38.2 Å². The van der Waals surface area contributed by atoms with Gasteiger partial charge < -0.3 is 52.7 Å². The highest BCUT2D eigenvalue weighted by Crippen LogP contribution is 2.31. The van der Waals surface area contributed by atoms with Gasteiger partial charge in [-0.25, -0.2) is 19.4 Å². The van der Waals surface area contributed by atoms with Crippen molar-refractivity contribution in [1.82, 2.24) is 56.1 Å². The number of fused-ring (bicyclic) bond motifs is 3. The third-order valence-corrected chi connectivity index (χ3v) is 18.2. The molecule has 632 valence electrons. The molecule has 41 heteroatoms. The van der Waals surface area contributed by atoms with Crippen molar-refractivity contribution >= 4 is 84.2 Å². The largest absolute Gasteiger partial charge is 0.573 e. The Bertz CT molecular complexity index is 5560. The number of hydrogen-bond acceptors (Lipinski definition) is 19. The molecule has 6 heterocycles. The maximum absolute atomic E-state index is 13.3. The fourth-order valence-electron chi connectivity index (χ4n) is 11.5. The van der Waals surface area contributed by atoms with Crippen LogP contribution in [0, 0.1) is 0 Å². The summed E-state index contributed by atoms with van der Waals surface area (Å²) in [6.45, 7) is 5.39. The predicted molar refractivity (Wildman–Crippen MR) is 423 cm³/mol. The van der Waals surface area contributed by atoms with Gasteiger partial charge in [-0.1, -0.05) is 103 Å². The van der Waals surface area contributed by atoms with Gasteiger partial charge in [0.05, 0.1) is 65.8 Å². The Hall–Kier alpha value is -11.2. The van der Waals surface area contributed by atoms with E-state index in [1.807, 2.05) is 38.1 Å². The molecule has 0 radical (unpaired) electrons. The van der Waals surface area contributed by atoms with E-state index >= 15 is 0 Å². The van der Waals surface area contributed by atoms with Crippen LogP contribution in [0.1, 0.15) is 62.6 Å². The number of aliphatic hydroxyl groups is 2. The van der Waals surface area contributed by atoms with E-state index in [0.29, 0.717) is 76.2 Å². The molecule has 0 unspecified atom stereocenters. The Kier molecular flexibility index (Phi) is 31.7. The second kappa shape index (κ2) is 41.3. The van der Waals surface area contributed by atoms with E-state index in [0.717, 1.165) is 45.5 Å². The van der Waals surface area contributed by atoms with Crippen molar-refractivity contribution in [3.05, 3.63) is 245 Å². The average Bonchev–Trinajstić information content (AvgIpc) is 1.59. The molecule has 0 aliphatic heterocycles. The third-order valence-electron chi connectivity index (χ3n) is 16.8. The van der Waals surface area contributed by atoms with E-state index in [1.165, 1.54) is 83.0 Å². The first kappa shape index (κ1) is 90.7. The second-order valence-electron chi connectivity index (χ2n) is 25.5. The number of rotatable bonds is 31. The summed E-state index contributed by atoms with van der Waals surface area (Å²) in [4.78, 5) is 90.4. The fraction of sp³-hybridized carbons (Fsp3) is 0.338. The summed E-state index contributed by atoms with van der Waals surface area (Å²) in [5, 5.41) is 19.6. The van der Waals surface area contributed by atoms with Gasteiger partial charge in [-0.15, -0.1) is 39.5 Å². The highest BCUT2D eigenvalue weighted by molar-refractivity contribution is 9.10. The molecule has 0 fully saturated rings. The number of aliphatic hydroxyl groups excluding tert-OH is 2. The summed E-state index contributed by atoms with van der Waals surface area (Å²) in [6, 6.07) is 37.3. The lowest BCUT2D eigenvalue weighted by Gasteiger charge is -2.12. The summed E-state index contributed by atoms with van der Waals surface area (Å²) >= 11 is 21.3. The zero-order valence-electron chi connectivity index (χ0n) is 63.5. The minimum atomic E-state index is -4.81. The number of nitrogens with zero attached hydrogens (tertiary/aromatic N) is 12. The van der Waals surface area contributed by atoms with Crippen molar-refractivity contribution in [2.45, 2.75) is 104 Å². The van der Waals surface area contributed by atoms with E-state index in [2.05, 4.69) is 45.1 Å². The molecular weight excluding hydrogens is 1710 g/mol. The molecule has 6 aromatic carbocycles. The first-order valence-electron chi connectivity index (χ1n) is 36.0. The summed E-state index contributed by atoms with van der Waals surface area (Å²) in [5.41, 5.74) is 1.19. The lowest BCUT2D eigenvalue weighted by Crippen LogP contribution is -2.40. The van der Waals surface area contributed by atoms with Crippen molar-refractivity contribution < 1.29 is 87.6 Å². The zero-order chi connectivity index (χ0) is 85.8. The molecule has 118 heavy (non-hydrogen) atoms. The number of aryl methyl sites for hydroxylation is 3. The van der Waals surface area contributed by atoms with Crippen LogP contribution in [0.15, 0.2) is 179 Å². The van der Waals surface area contributed by atoms with Crippen LogP contribution in [0.4, 0.5) is 39.5 Å². The molecule has 12 rings (SSSR count). The van der Waals surface area contributed by atoms with E-state index in [-0.39, 0.29) is 140 Å². The Labute approximate surface area is 687 Å². The Morgan fingerprint density at radius 2 is 0.661 bits per heavy atom. The summed E-state index contributed by atoms with van der Waals surface area (Å²) in [7, 11) is 4.64. The molecule has 0 amide bonds. The Morgan fingerprint density at radius 3 is 0.975 bits per heavy atom. The molecule has 6 aromatic heterocycles. The number of halogens is 13. The highest BCUT2D eigenvalue weighted by atomic mass is 79.9. The van der Waals surface area contributed by atoms with Crippen LogP contribution in [0.25, 0.3) is 33.5 Å². The van der Waals surface area contributed by atoms with E-state index in [4.69, 9.17) is 63.6 Å². The monoisotopic (exact) mass is 1780 g/mol. The Morgan fingerprint density at radius 1 is 0.373 bits per heavy atom. The van der Waals surface area contributed by atoms with Crippen LogP contribution in [0.2, 0.25) is 15.1 Å². The van der Waals surface area contributed by atoms with Crippen LogP contribution in [-0.4, -0.2) is 132 Å². The van der Waals surface area contributed by atoms with Gasteiger partial charge in [-0.05, 0) is 118 Å². The molecule has 0 aliphatic rings. The number of alkyl halides is 9. The van der Waals surface area contributed by atoms with Gasteiger partial charge >= 0.3 is 36.2 Å². The normalized spacial score (nSPS) is 11.5. The second-order valence-corrected chi connectivity index (χ2v) is 27.6. The number of imidazole rings is 3. The van der Waals surface area contributed by atoms with Crippen LogP contribution in [-0.2, 0) is 60.4 Å². The molecule has 0 bridgehead atoms. The van der Waals surface area contributed by atoms with Gasteiger partial charge in [0.25, 0.3) is 28.7 Å². The molecule has 0 atom stereocenters. The van der Waals surface area contributed by atoms with Gasteiger partial charge in [0, 0.05) is 93.4 Å². The quantitative estimate of drug-likeness (QED) is 0.0232. The maximum Gasteiger partial charge on any atom is 0.573 e. The summed E-state index contributed by atoms with van der Waals surface area (Å²) in [6.07, 6.45) is -11.9. The highest BCUT2D eigenvalue weighted by Gasteiger charge is 2.34. The minimum Gasteiger partial charge on any atom is -0.493 e. The van der Waals surface area contributed by atoms with Crippen molar-refractivity contribution in [1.29, 1.82) is 0 Å². The first-order valence-corrected chi connectivity index (χ1v) is 37.9. The average molecular weight is 1780 g/mol. The maximum atomic E-state index is 13.3. The van der Waals surface area contributed by atoms with Crippen molar-refractivity contribution in [3.8, 4) is 46.5 Å². The minimum absolute atomic E-state index is 0.0290. The number of hydrogen-bond donors (Lipinski definition) is 2. The predicted octanol–water partition coefficient (Wildman–Crippen LogP) is 13.2. The summed E-state index contributed by atoms with van der Waals surface area (Å²) < 4.78 is 162. The Balaban J connectivity index is 0.000000189. The standard InChI is InChI=1S/C26H26ClF3N4O5.C25H24ClF3N4O6.C16H16BrClN4O2.C10H11F3O3/c1-3-12-33-23(35)21-22(32(2)25(33)36)31-24(34(21)16-17-8-10-18(27)11-9-17)38-14-5-13-37-19-6-4-7-20(15-19)39-26(28,29)30;1-31-21-20(22(35)32(10-11-34)24(31)36)33(15-16-6-8-17(26)9-7-16)23(30-21)38-13-3-12-37-18-4-2-5-19(14-18)39-25(27,28)29;1-3-8-21-14(23)12-13(20(2)16(21)24)19-15(17)22(12)9-10-4-6-11(18)7-5-10;11-10(12,13)16-9-4-1-3-8(7-9)15-6-2-5-14/h4,6-11,15H,3,5,12-14,16H2,1-2H3;2,4-9,14,34H,3,10-13,15H2,1H3;4-7H,3,8-9H2,1-2H3;1,3-4,7,14H,2,5-6H2. The van der Waals surface area contributed by atoms with E-state index in [9.17, 15) is 73.4 Å². The topological polar surface area (TPSA) is 300 Å². The molecule has 2 N–H and O–H groups in total. The first-order chi connectivity index (χ1) is 56.1. The lowest BCUT2D eigenvalue weighted by atomic mass is 10.2. The van der Waals surface area contributed by atoms with Crippen molar-refractivity contribution in [2.75, 3.05) is 46.2 Å². The molecule has 0 saturated carbocycles. The molecule has 0 saturated heterocycles. The molecular formula is C77H77BrCl3F9N12O16. The van der Waals surface area contributed by atoms with Crippen molar-refractivity contribution in [2.24, 2.45) is 21.1 Å². The molecule has 0 spiro atoms. The smallest absolute Gasteiger partial charge is 0.493 e. The van der Waals surface area contributed by atoms with Crippen LogP contribution in [0.3, 0.4) is 0 Å². The molecule has 12 aromatic rings. The van der Waals surface area contributed by atoms with Gasteiger partial charge in [0.2, 0.25) is 0 Å². The van der Waals surface area contributed by atoms with Gasteiger partial charge in [-0.2, -0.15) is 9.97 Å². The van der Waals surface area contributed by atoms with Crippen LogP contribution >= 0.6 is 50.7 Å². The SMILES string of the molecule is CCCn1c(=O)c2c(nc(Br)n2Cc2ccc(Cl)cc2)n(C)c1=O.CCCn1c(=O)c2c(nc(OCCCOc3cccc(OC(F)(F)F)c3)n2Cc2ccc(Cl)cc2)n(C)c1=O.Cn1c(=O)n(CCO)c(=O)c2c1nc(OCCCOc1cccc(OC(F)(F)F)c1)n2Cc1ccc(Cl)cc1.OCCCOc1cccc(OC(F)(F)F)c1. The van der Waals surface area contributed by atoms with Gasteiger partial charge in [0.1, 0.15) is 34.5 Å². The zero-order valence-corrected chi connectivity index (χ0v) is 67.3. The van der Waals surface area contributed by atoms with E-state index < -0.39 is 53.9 Å². The number of benzene rings is 6. The molecule has 0 aliphatic carbocycles. The van der Waals surface area contributed by atoms with Crippen molar-refractivity contribution in [3.63, 3.8) is 0 Å². The third kappa shape index (κ3) is 24.7. The van der Waals surface area contributed by atoms with Crippen LogP contribution in [0.5, 0.6) is 46.5 Å². The fourth-order valence-corrected chi connectivity index (χ4v) is 12.4. The van der Waals surface area contributed by atoms with Crippen LogP contribution < -0.4 is 71.6 Å². The number of ether oxygens (including phenoxy) is 8. The molecule has 28 nitrogen and oxygen atoms in total. The number of aromatic nitrogens is 12.